The number of nitrogens with zero attached hydrogens (tertiary/aromatic N) is 1. The predicted molar refractivity (Wildman–Crippen MR) is 68.1 cm³/mol. The van der Waals surface area contributed by atoms with E-state index in [1.165, 1.54) is 19.3 Å². The third-order valence-corrected chi connectivity index (χ3v) is 3.92. The maximum Gasteiger partial charge on any atom is 0.0693 e. The van der Waals surface area contributed by atoms with E-state index in [9.17, 15) is 5.11 Å². The number of aliphatic hydroxyl groups excluding tert-OH is 1. The molecule has 0 aromatic carbocycles. The minimum Gasteiger partial charge on any atom is -0.392 e. The van der Waals surface area contributed by atoms with Crippen molar-refractivity contribution in [2.75, 3.05) is 39.4 Å². The maximum absolute atomic E-state index is 9.99. The normalized spacial score (nSPS) is 32.3. The Morgan fingerprint density at radius 3 is 2.71 bits per heavy atom. The SMILES string of the molecule is OC1CCCCCC1NCCN1CCOCC1. The zero-order valence-electron chi connectivity index (χ0n) is 10.7. The number of rotatable bonds is 4. The van der Waals surface area contributed by atoms with Crippen molar-refractivity contribution in [2.45, 2.75) is 44.2 Å². The number of aliphatic hydroxyl groups is 1. The molecular formula is C13H26N2O2. The van der Waals surface area contributed by atoms with Gasteiger partial charge in [0.2, 0.25) is 0 Å². The molecule has 2 unspecified atom stereocenters. The van der Waals surface area contributed by atoms with Crippen LogP contribution in [0.3, 0.4) is 0 Å². The third-order valence-electron chi connectivity index (χ3n) is 3.92. The van der Waals surface area contributed by atoms with Crippen molar-refractivity contribution in [2.24, 2.45) is 0 Å². The number of hydrogen-bond donors (Lipinski definition) is 2. The van der Waals surface area contributed by atoms with Crippen molar-refractivity contribution in [3.63, 3.8) is 0 Å². The van der Waals surface area contributed by atoms with Gasteiger partial charge in [0.25, 0.3) is 0 Å². The summed E-state index contributed by atoms with van der Waals surface area (Å²) < 4.78 is 5.33. The van der Waals surface area contributed by atoms with Gasteiger partial charge in [-0.1, -0.05) is 19.3 Å². The molecule has 4 nitrogen and oxygen atoms in total. The molecule has 1 aliphatic carbocycles. The first-order valence-electron chi connectivity index (χ1n) is 7.08. The molecule has 0 aromatic heterocycles. The Morgan fingerprint density at radius 2 is 1.88 bits per heavy atom. The standard InChI is InChI=1S/C13H26N2O2/c16-13-5-3-1-2-4-12(13)14-6-7-15-8-10-17-11-9-15/h12-14,16H,1-11H2. The van der Waals surface area contributed by atoms with E-state index in [0.717, 1.165) is 52.2 Å². The highest BCUT2D eigenvalue weighted by Gasteiger charge is 2.21. The van der Waals surface area contributed by atoms with Crippen LogP contribution in [0.4, 0.5) is 0 Å². The lowest BCUT2D eigenvalue weighted by atomic mass is 10.1. The number of ether oxygens (including phenoxy) is 1. The Bertz CT molecular complexity index is 208. The van der Waals surface area contributed by atoms with Crippen molar-refractivity contribution >= 4 is 0 Å². The van der Waals surface area contributed by atoms with E-state index in [2.05, 4.69) is 10.2 Å². The zero-order chi connectivity index (χ0) is 11.9. The van der Waals surface area contributed by atoms with Gasteiger partial charge in [-0.25, -0.2) is 0 Å². The lowest BCUT2D eigenvalue weighted by Crippen LogP contribution is -2.45. The molecule has 100 valence electrons. The summed E-state index contributed by atoms with van der Waals surface area (Å²) in [4.78, 5) is 2.43. The van der Waals surface area contributed by atoms with Crippen molar-refractivity contribution in [1.29, 1.82) is 0 Å². The largest absolute Gasteiger partial charge is 0.392 e. The smallest absolute Gasteiger partial charge is 0.0693 e. The zero-order valence-corrected chi connectivity index (χ0v) is 10.7. The quantitative estimate of drug-likeness (QED) is 0.709. The minimum atomic E-state index is -0.137. The van der Waals surface area contributed by atoms with E-state index in [4.69, 9.17) is 4.74 Å². The van der Waals surface area contributed by atoms with Crippen LogP contribution in [0.1, 0.15) is 32.1 Å². The Labute approximate surface area is 104 Å². The van der Waals surface area contributed by atoms with E-state index < -0.39 is 0 Å². The van der Waals surface area contributed by atoms with Crippen LogP contribution in [0.15, 0.2) is 0 Å². The summed E-state index contributed by atoms with van der Waals surface area (Å²) in [5.74, 6) is 0. The lowest BCUT2D eigenvalue weighted by Gasteiger charge is -2.28. The molecule has 0 bridgehead atoms. The summed E-state index contributed by atoms with van der Waals surface area (Å²) in [7, 11) is 0. The molecule has 2 rings (SSSR count). The average molecular weight is 242 g/mol. The molecule has 0 aromatic rings. The maximum atomic E-state index is 9.99. The first-order chi connectivity index (χ1) is 8.36. The average Bonchev–Trinajstić information content (AvgIpc) is 2.56. The van der Waals surface area contributed by atoms with Gasteiger partial charge in [-0.2, -0.15) is 0 Å². The summed E-state index contributed by atoms with van der Waals surface area (Å²) in [6.45, 7) is 5.90. The van der Waals surface area contributed by atoms with Gasteiger partial charge < -0.3 is 15.2 Å². The fraction of sp³-hybridized carbons (Fsp3) is 1.00. The second-order valence-electron chi connectivity index (χ2n) is 5.22. The number of morpholine rings is 1. The molecule has 1 heterocycles. The summed E-state index contributed by atoms with van der Waals surface area (Å²) in [5.41, 5.74) is 0. The molecule has 2 aliphatic rings. The van der Waals surface area contributed by atoms with E-state index in [1.807, 2.05) is 0 Å². The number of hydrogen-bond acceptors (Lipinski definition) is 4. The van der Waals surface area contributed by atoms with Crippen LogP contribution in [0, 0.1) is 0 Å². The summed E-state index contributed by atoms with van der Waals surface area (Å²) in [6, 6.07) is 0.318. The molecule has 2 fully saturated rings. The Kier molecular flexibility index (Phi) is 5.71. The van der Waals surface area contributed by atoms with Gasteiger partial charge in [0.1, 0.15) is 0 Å². The molecular weight excluding hydrogens is 216 g/mol. The van der Waals surface area contributed by atoms with Gasteiger partial charge in [-0.3, -0.25) is 4.90 Å². The van der Waals surface area contributed by atoms with Crippen LogP contribution >= 0.6 is 0 Å². The number of nitrogens with one attached hydrogen (secondary N) is 1. The van der Waals surface area contributed by atoms with Gasteiger partial charge in [-0.15, -0.1) is 0 Å². The first kappa shape index (κ1) is 13.3. The van der Waals surface area contributed by atoms with Crippen molar-refractivity contribution in [3.8, 4) is 0 Å². The summed E-state index contributed by atoms with van der Waals surface area (Å²) in [6.07, 6.45) is 5.68. The van der Waals surface area contributed by atoms with Crippen molar-refractivity contribution in [1.82, 2.24) is 10.2 Å². The molecule has 17 heavy (non-hydrogen) atoms. The second-order valence-corrected chi connectivity index (χ2v) is 5.22. The molecule has 1 aliphatic heterocycles. The molecule has 2 N–H and O–H groups in total. The monoisotopic (exact) mass is 242 g/mol. The second kappa shape index (κ2) is 7.31. The van der Waals surface area contributed by atoms with Gasteiger partial charge in [0.15, 0.2) is 0 Å². The van der Waals surface area contributed by atoms with Gasteiger partial charge in [0.05, 0.1) is 19.3 Å². The Morgan fingerprint density at radius 1 is 1.12 bits per heavy atom. The Hall–Kier alpha value is -0.160. The molecule has 1 saturated heterocycles. The molecule has 0 radical (unpaired) electrons. The molecule has 0 spiro atoms. The van der Waals surface area contributed by atoms with Crippen LogP contribution < -0.4 is 5.32 Å². The predicted octanol–water partition coefficient (Wildman–Crippen LogP) is 0.602. The molecule has 4 heteroatoms. The van der Waals surface area contributed by atoms with Gasteiger partial charge >= 0.3 is 0 Å². The molecule has 0 amide bonds. The molecule has 1 saturated carbocycles. The lowest BCUT2D eigenvalue weighted by molar-refractivity contribution is 0.0368. The fourth-order valence-corrected chi connectivity index (χ4v) is 2.76. The van der Waals surface area contributed by atoms with E-state index in [1.54, 1.807) is 0 Å². The van der Waals surface area contributed by atoms with Crippen molar-refractivity contribution < 1.29 is 9.84 Å². The van der Waals surface area contributed by atoms with Crippen LogP contribution in [-0.2, 0) is 4.74 Å². The highest BCUT2D eigenvalue weighted by atomic mass is 16.5. The van der Waals surface area contributed by atoms with Crippen LogP contribution in [-0.4, -0.2) is 61.5 Å². The van der Waals surface area contributed by atoms with Gasteiger partial charge in [0, 0.05) is 32.2 Å². The third kappa shape index (κ3) is 4.54. The highest BCUT2D eigenvalue weighted by Crippen LogP contribution is 2.17. The summed E-state index contributed by atoms with van der Waals surface area (Å²) in [5, 5.41) is 13.5. The topological polar surface area (TPSA) is 44.7 Å². The highest BCUT2D eigenvalue weighted by molar-refractivity contribution is 4.79. The molecule has 2 atom stereocenters. The fourth-order valence-electron chi connectivity index (χ4n) is 2.76. The van der Waals surface area contributed by atoms with Crippen molar-refractivity contribution in [3.05, 3.63) is 0 Å². The van der Waals surface area contributed by atoms with E-state index in [-0.39, 0.29) is 6.10 Å². The van der Waals surface area contributed by atoms with Crippen LogP contribution in [0.25, 0.3) is 0 Å². The Balaban J connectivity index is 1.62. The first-order valence-corrected chi connectivity index (χ1v) is 7.08. The van der Waals surface area contributed by atoms with Crippen LogP contribution in [0.5, 0.6) is 0 Å². The van der Waals surface area contributed by atoms with E-state index in [0.29, 0.717) is 6.04 Å². The van der Waals surface area contributed by atoms with Gasteiger partial charge in [-0.05, 0) is 12.8 Å². The summed E-state index contributed by atoms with van der Waals surface area (Å²) >= 11 is 0. The van der Waals surface area contributed by atoms with E-state index >= 15 is 0 Å². The van der Waals surface area contributed by atoms with Crippen LogP contribution in [0.2, 0.25) is 0 Å². The minimum absolute atomic E-state index is 0.137.